The minimum Gasteiger partial charge on any atom is -0.392 e. The van der Waals surface area contributed by atoms with Gasteiger partial charge in [-0.1, -0.05) is 19.1 Å². The summed E-state index contributed by atoms with van der Waals surface area (Å²) in [4.78, 5) is 0. The number of aliphatic hydroxyl groups excluding tert-OH is 1. The highest BCUT2D eigenvalue weighted by atomic mass is 16.3. The molecule has 2 heteroatoms. The summed E-state index contributed by atoms with van der Waals surface area (Å²) in [5.74, 6) is 0. The molecule has 0 aliphatic carbocycles. The number of nitrogens with one attached hydrogen (secondary N) is 1. The summed E-state index contributed by atoms with van der Waals surface area (Å²) in [7, 11) is 0. The molecule has 0 unspecified atom stereocenters. The van der Waals surface area contributed by atoms with Crippen LogP contribution in [-0.2, 0) is 0 Å². The van der Waals surface area contributed by atoms with Gasteiger partial charge in [-0.3, -0.25) is 0 Å². The molecule has 2 nitrogen and oxygen atoms in total. The van der Waals surface area contributed by atoms with Crippen LogP contribution in [0.25, 0.3) is 0 Å². The van der Waals surface area contributed by atoms with Gasteiger partial charge in [-0.2, -0.15) is 0 Å². The molecular weight excluding hydrogens is 126 g/mol. The van der Waals surface area contributed by atoms with E-state index in [-0.39, 0.29) is 6.10 Å². The van der Waals surface area contributed by atoms with E-state index in [0.29, 0.717) is 6.54 Å². The van der Waals surface area contributed by atoms with Crippen molar-refractivity contribution in [1.82, 2.24) is 5.32 Å². The fourth-order valence-corrected chi connectivity index (χ4v) is 0.626. The molecule has 60 valence electrons. The molecule has 0 aliphatic heterocycles. The maximum absolute atomic E-state index is 8.82. The van der Waals surface area contributed by atoms with Crippen LogP contribution in [-0.4, -0.2) is 24.3 Å². The zero-order valence-electron chi connectivity index (χ0n) is 6.80. The first-order valence-corrected chi connectivity index (χ1v) is 3.81. The van der Waals surface area contributed by atoms with Gasteiger partial charge >= 0.3 is 0 Å². The average Bonchev–Trinajstić information content (AvgIpc) is 1.87. The van der Waals surface area contributed by atoms with Crippen LogP contribution in [0.1, 0.15) is 20.3 Å². The lowest BCUT2D eigenvalue weighted by Crippen LogP contribution is -2.24. The highest BCUT2D eigenvalue weighted by molar-refractivity contribution is 4.82. The van der Waals surface area contributed by atoms with Crippen molar-refractivity contribution in [2.24, 2.45) is 0 Å². The highest BCUT2D eigenvalue weighted by Gasteiger charge is 1.89. The van der Waals surface area contributed by atoms with Crippen LogP contribution in [0.2, 0.25) is 0 Å². The van der Waals surface area contributed by atoms with E-state index in [4.69, 9.17) is 5.11 Å². The van der Waals surface area contributed by atoms with Gasteiger partial charge in [0.2, 0.25) is 0 Å². The largest absolute Gasteiger partial charge is 0.392 e. The predicted octanol–water partition coefficient (Wildman–Crippen LogP) is 0.923. The number of allylic oxidation sites excluding steroid dienone is 1. The van der Waals surface area contributed by atoms with Crippen molar-refractivity contribution in [3.8, 4) is 0 Å². The Labute approximate surface area is 62.9 Å². The first kappa shape index (κ1) is 9.66. The Balaban J connectivity index is 2.97. The van der Waals surface area contributed by atoms with Crippen molar-refractivity contribution in [1.29, 1.82) is 0 Å². The second-order valence-corrected chi connectivity index (χ2v) is 2.39. The third-order valence-corrected chi connectivity index (χ3v) is 1.10. The summed E-state index contributed by atoms with van der Waals surface area (Å²) in [5.41, 5.74) is 0. The van der Waals surface area contributed by atoms with Crippen LogP contribution in [0, 0.1) is 0 Å². The Bertz CT molecular complexity index is 89.3. The molecule has 0 saturated heterocycles. The number of hydrogen-bond acceptors (Lipinski definition) is 2. The van der Waals surface area contributed by atoms with Crippen molar-refractivity contribution in [3.05, 3.63) is 12.2 Å². The molecule has 0 fully saturated rings. The summed E-state index contributed by atoms with van der Waals surface area (Å²) < 4.78 is 0. The second-order valence-electron chi connectivity index (χ2n) is 2.39. The molecule has 0 rings (SSSR count). The topological polar surface area (TPSA) is 32.3 Å². The number of aliphatic hydroxyl groups is 1. The lowest BCUT2D eigenvalue weighted by molar-refractivity contribution is 0.193. The van der Waals surface area contributed by atoms with Crippen LogP contribution in [0.15, 0.2) is 12.2 Å². The van der Waals surface area contributed by atoms with Crippen LogP contribution in [0.5, 0.6) is 0 Å². The minimum absolute atomic E-state index is 0.241. The molecule has 1 atom stereocenters. The van der Waals surface area contributed by atoms with E-state index < -0.39 is 0 Å². The second kappa shape index (κ2) is 6.78. The molecule has 0 aromatic rings. The first-order chi connectivity index (χ1) is 4.77. The lowest BCUT2D eigenvalue weighted by Gasteiger charge is -2.02. The molecule has 0 aromatic heterocycles. The molecule has 0 bridgehead atoms. The average molecular weight is 143 g/mol. The summed E-state index contributed by atoms with van der Waals surface area (Å²) in [6.45, 7) is 5.41. The van der Waals surface area contributed by atoms with E-state index in [1.807, 2.05) is 0 Å². The van der Waals surface area contributed by atoms with Gasteiger partial charge in [0.25, 0.3) is 0 Å². The van der Waals surface area contributed by atoms with Gasteiger partial charge in [0.15, 0.2) is 0 Å². The zero-order chi connectivity index (χ0) is 7.82. The summed E-state index contributed by atoms with van der Waals surface area (Å²) in [5, 5.41) is 11.9. The maximum atomic E-state index is 8.82. The van der Waals surface area contributed by atoms with Crippen LogP contribution in [0.4, 0.5) is 0 Å². The van der Waals surface area contributed by atoms with Gasteiger partial charge in [0, 0.05) is 13.1 Å². The highest BCUT2D eigenvalue weighted by Crippen LogP contribution is 1.78. The standard InChI is InChI=1S/C8H17NO/c1-3-4-5-6-9-7-8(2)10/h4-5,8-10H,3,6-7H2,1-2H3/b5-4+/t8-/m0/s1. The number of hydrogen-bond donors (Lipinski definition) is 2. The molecule has 0 aromatic carbocycles. The van der Waals surface area contributed by atoms with Gasteiger partial charge in [0.05, 0.1) is 6.10 Å². The van der Waals surface area contributed by atoms with Crippen molar-refractivity contribution >= 4 is 0 Å². The molecule has 0 saturated carbocycles. The van der Waals surface area contributed by atoms with E-state index in [0.717, 1.165) is 13.0 Å². The van der Waals surface area contributed by atoms with Gasteiger partial charge in [-0.25, -0.2) is 0 Å². The summed E-state index contributed by atoms with van der Waals surface area (Å²) in [6, 6.07) is 0. The smallest absolute Gasteiger partial charge is 0.0636 e. The Morgan fingerprint density at radius 1 is 1.50 bits per heavy atom. The van der Waals surface area contributed by atoms with Crippen molar-refractivity contribution in [3.63, 3.8) is 0 Å². The molecule has 0 radical (unpaired) electrons. The molecule has 0 aliphatic rings. The molecule has 10 heavy (non-hydrogen) atoms. The Morgan fingerprint density at radius 3 is 2.70 bits per heavy atom. The van der Waals surface area contributed by atoms with E-state index >= 15 is 0 Å². The van der Waals surface area contributed by atoms with E-state index in [1.165, 1.54) is 0 Å². The van der Waals surface area contributed by atoms with Crippen LogP contribution < -0.4 is 5.32 Å². The maximum Gasteiger partial charge on any atom is 0.0636 e. The Morgan fingerprint density at radius 2 is 2.20 bits per heavy atom. The van der Waals surface area contributed by atoms with Gasteiger partial charge < -0.3 is 10.4 Å². The van der Waals surface area contributed by atoms with Crippen molar-refractivity contribution < 1.29 is 5.11 Å². The minimum atomic E-state index is -0.241. The fraction of sp³-hybridized carbons (Fsp3) is 0.750. The normalized spacial score (nSPS) is 14.3. The van der Waals surface area contributed by atoms with Crippen LogP contribution in [0.3, 0.4) is 0 Å². The first-order valence-electron chi connectivity index (χ1n) is 3.81. The molecule has 2 N–H and O–H groups in total. The molecule has 0 heterocycles. The summed E-state index contributed by atoms with van der Waals surface area (Å²) in [6.07, 6.45) is 5.02. The SMILES string of the molecule is CC/C=C/CNC[C@H](C)O. The molecular formula is C8H17NO. The van der Waals surface area contributed by atoms with E-state index in [9.17, 15) is 0 Å². The van der Waals surface area contributed by atoms with E-state index in [1.54, 1.807) is 6.92 Å². The molecule has 0 spiro atoms. The van der Waals surface area contributed by atoms with Gasteiger partial charge in [-0.15, -0.1) is 0 Å². The monoisotopic (exact) mass is 143 g/mol. The zero-order valence-corrected chi connectivity index (χ0v) is 6.80. The third kappa shape index (κ3) is 7.66. The van der Waals surface area contributed by atoms with Gasteiger partial charge in [-0.05, 0) is 13.3 Å². The molecule has 0 amide bonds. The third-order valence-electron chi connectivity index (χ3n) is 1.10. The quantitative estimate of drug-likeness (QED) is 0.443. The van der Waals surface area contributed by atoms with E-state index in [2.05, 4.69) is 24.4 Å². The predicted molar refractivity (Wildman–Crippen MR) is 44.0 cm³/mol. The van der Waals surface area contributed by atoms with Crippen molar-refractivity contribution in [2.75, 3.05) is 13.1 Å². The van der Waals surface area contributed by atoms with Gasteiger partial charge in [0.1, 0.15) is 0 Å². The Kier molecular flexibility index (Phi) is 6.55. The Hall–Kier alpha value is -0.340. The fourth-order valence-electron chi connectivity index (χ4n) is 0.626. The van der Waals surface area contributed by atoms with Crippen molar-refractivity contribution in [2.45, 2.75) is 26.4 Å². The number of rotatable bonds is 5. The van der Waals surface area contributed by atoms with Crippen LogP contribution >= 0.6 is 0 Å². The summed E-state index contributed by atoms with van der Waals surface area (Å²) >= 11 is 0. The lowest BCUT2D eigenvalue weighted by atomic mass is 10.4.